The van der Waals surface area contributed by atoms with Crippen molar-refractivity contribution in [3.63, 3.8) is 0 Å². The molecule has 2 N–H and O–H groups in total. The molecule has 4 heteroatoms. The smallest absolute Gasteiger partial charge is 0.170 e. The Balaban J connectivity index is 1.63. The Kier molecular flexibility index (Phi) is 5.69. The van der Waals surface area contributed by atoms with E-state index in [2.05, 4.69) is 41.8 Å². The summed E-state index contributed by atoms with van der Waals surface area (Å²) < 4.78 is 13.3. The molecule has 0 amide bonds. The Labute approximate surface area is 154 Å². The quantitative estimate of drug-likeness (QED) is 0.721. The van der Waals surface area contributed by atoms with E-state index in [1.165, 1.54) is 24.0 Å². The van der Waals surface area contributed by atoms with Crippen LogP contribution in [0.1, 0.15) is 43.7 Å². The average molecular weight is 357 g/mol. The molecule has 3 rings (SSSR count). The topological polar surface area (TPSA) is 24.1 Å². The second kappa shape index (κ2) is 7.96. The standard InChI is InChI=1S/C21H25FN2S/c1-2-16-5-11-19(12-6-16)24-20(25)23-15-21(13-3-4-14-21)17-7-9-18(22)10-8-17/h5-12H,2-4,13-15H2,1H3,(H2,23,24,25). The van der Waals surface area contributed by atoms with Gasteiger partial charge in [0.15, 0.2) is 5.11 Å². The van der Waals surface area contributed by atoms with Gasteiger partial charge < -0.3 is 10.6 Å². The van der Waals surface area contributed by atoms with Gasteiger partial charge in [0.25, 0.3) is 0 Å². The van der Waals surface area contributed by atoms with E-state index in [0.717, 1.165) is 31.5 Å². The Bertz CT molecular complexity index is 704. The number of anilines is 1. The summed E-state index contributed by atoms with van der Waals surface area (Å²) in [6, 6.07) is 15.3. The van der Waals surface area contributed by atoms with Gasteiger partial charge in [-0.3, -0.25) is 0 Å². The summed E-state index contributed by atoms with van der Waals surface area (Å²) >= 11 is 5.47. The average Bonchev–Trinajstić information content (AvgIpc) is 3.11. The number of nitrogens with one attached hydrogen (secondary N) is 2. The van der Waals surface area contributed by atoms with E-state index in [4.69, 9.17) is 12.2 Å². The predicted molar refractivity (Wildman–Crippen MR) is 107 cm³/mol. The van der Waals surface area contributed by atoms with Crippen LogP contribution < -0.4 is 10.6 Å². The lowest BCUT2D eigenvalue weighted by atomic mass is 9.79. The van der Waals surface area contributed by atoms with Crippen LogP contribution in [-0.4, -0.2) is 11.7 Å². The summed E-state index contributed by atoms with van der Waals surface area (Å²) in [6.45, 7) is 2.92. The molecule has 1 aliphatic carbocycles. The molecule has 0 radical (unpaired) electrons. The number of thiocarbonyl (C=S) groups is 1. The van der Waals surface area contributed by atoms with Crippen molar-refractivity contribution in [2.24, 2.45) is 0 Å². The van der Waals surface area contributed by atoms with Crippen LogP contribution in [0.15, 0.2) is 48.5 Å². The molecule has 0 unspecified atom stereocenters. The summed E-state index contributed by atoms with van der Waals surface area (Å²) in [5.74, 6) is -0.183. The largest absolute Gasteiger partial charge is 0.362 e. The lowest BCUT2D eigenvalue weighted by molar-refractivity contribution is 0.434. The highest BCUT2D eigenvalue weighted by Crippen LogP contribution is 2.40. The number of benzene rings is 2. The SMILES string of the molecule is CCc1ccc(NC(=S)NCC2(c3ccc(F)cc3)CCCC2)cc1. The van der Waals surface area contributed by atoms with Gasteiger partial charge in [0.2, 0.25) is 0 Å². The number of aryl methyl sites for hydroxylation is 1. The first kappa shape index (κ1) is 17.9. The fourth-order valence-corrected chi connectivity index (χ4v) is 3.86. The Hall–Kier alpha value is -1.94. The molecule has 0 bridgehead atoms. The van der Waals surface area contributed by atoms with Crippen molar-refractivity contribution in [3.05, 3.63) is 65.5 Å². The minimum atomic E-state index is -0.183. The Morgan fingerprint density at radius 3 is 2.28 bits per heavy atom. The normalized spacial score (nSPS) is 15.8. The third-order valence-electron chi connectivity index (χ3n) is 5.22. The van der Waals surface area contributed by atoms with Gasteiger partial charge in [-0.05, 0) is 66.9 Å². The predicted octanol–water partition coefficient (Wildman–Crippen LogP) is 5.19. The van der Waals surface area contributed by atoms with E-state index in [0.29, 0.717) is 5.11 Å². The second-order valence-electron chi connectivity index (χ2n) is 6.85. The van der Waals surface area contributed by atoms with Gasteiger partial charge in [0, 0.05) is 17.6 Å². The molecular formula is C21H25FN2S. The molecule has 0 aromatic heterocycles. The van der Waals surface area contributed by atoms with Crippen LogP contribution >= 0.6 is 12.2 Å². The van der Waals surface area contributed by atoms with Crippen molar-refractivity contribution in [2.45, 2.75) is 44.4 Å². The molecule has 0 heterocycles. The highest BCUT2D eigenvalue weighted by molar-refractivity contribution is 7.80. The highest BCUT2D eigenvalue weighted by atomic mass is 32.1. The monoisotopic (exact) mass is 356 g/mol. The summed E-state index contributed by atoms with van der Waals surface area (Å²) in [5.41, 5.74) is 3.56. The van der Waals surface area contributed by atoms with Crippen molar-refractivity contribution in [2.75, 3.05) is 11.9 Å². The minimum Gasteiger partial charge on any atom is -0.362 e. The zero-order valence-electron chi connectivity index (χ0n) is 14.6. The van der Waals surface area contributed by atoms with E-state index >= 15 is 0 Å². The van der Waals surface area contributed by atoms with E-state index < -0.39 is 0 Å². The Morgan fingerprint density at radius 1 is 1.04 bits per heavy atom. The highest BCUT2D eigenvalue weighted by Gasteiger charge is 2.35. The van der Waals surface area contributed by atoms with Crippen molar-refractivity contribution < 1.29 is 4.39 Å². The maximum atomic E-state index is 13.3. The van der Waals surface area contributed by atoms with Crippen LogP contribution in [0.25, 0.3) is 0 Å². The molecule has 0 spiro atoms. The number of halogens is 1. The molecule has 0 atom stereocenters. The number of rotatable bonds is 5. The molecular weight excluding hydrogens is 331 g/mol. The number of hydrogen-bond acceptors (Lipinski definition) is 1. The van der Waals surface area contributed by atoms with Crippen molar-refractivity contribution >= 4 is 23.0 Å². The summed E-state index contributed by atoms with van der Waals surface area (Å²) in [4.78, 5) is 0. The first-order chi connectivity index (χ1) is 12.1. The second-order valence-corrected chi connectivity index (χ2v) is 7.26. The van der Waals surface area contributed by atoms with Gasteiger partial charge in [0.1, 0.15) is 5.82 Å². The lowest BCUT2D eigenvalue weighted by Gasteiger charge is -2.30. The van der Waals surface area contributed by atoms with Crippen LogP contribution in [0.2, 0.25) is 0 Å². The summed E-state index contributed by atoms with van der Waals surface area (Å²) in [6.07, 6.45) is 5.66. The van der Waals surface area contributed by atoms with Crippen LogP contribution in [-0.2, 0) is 11.8 Å². The maximum Gasteiger partial charge on any atom is 0.170 e. The maximum absolute atomic E-state index is 13.3. The van der Waals surface area contributed by atoms with Crippen LogP contribution in [0, 0.1) is 5.82 Å². The molecule has 1 fully saturated rings. The molecule has 1 saturated carbocycles. The van der Waals surface area contributed by atoms with Crippen LogP contribution in [0.5, 0.6) is 0 Å². The summed E-state index contributed by atoms with van der Waals surface area (Å²) in [7, 11) is 0. The van der Waals surface area contributed by atoms with Gasteiger partial charge in [0.05, 0.1) is 0 Å². The number of hydrogen-bond donors (Lipinski definition) is 2. The van der Waals surface area contributed by atoms with Gasteiger partial charge in [-0.15, -0.1) is 0 Å². The third-order valence-corrected chi connectivity index (χ3v) is 5.47. The fourth-order valence-electron chi connectivity index (χ4n) is 3.67. The molecule has 25 heavy (non-hydrogen) atoms. The lowest BCUT2D eigenvalue weighted by Crippen LogP contribution is -2.40. The van der Waals surface area contributed by atoms with Crippen molar-refractivity contribution in [3.8, 4) is 0 Å². The first-order valence-electron chi connectivity index (χ1n) is 9.01. The third kappa shape index (κ3) is 4.37. The van der Waals surface area contributed by atoms with Crippen molar-refractivity contribution in [1.29, 1.82) is 0 Å². The van der Waals surface area contributed by atoms with E-state index in [9.17, 15) is 4.39 Å². The molecule has 132 valence electrons. The molecule has 2 aromatic rings. The summed E-state index contributed by atoms with van der Waals surface area (Å²) in [5, 5.41) is 7.27. The molecule has 2 aromatic carbocycles. The first-order valence-corrected chi connectivity index (χ1v) is 9.42. The van der Waals surface area contributed by atoms with Gasteiger partial charge in [-0.25, -0.2) is 4.39 Å². The fraction of sp³-hybridized carbons (Fsp3) is 0.381. The van der Waals surface area contributed by atoms with E-state index in [1.807, 2.05) is 12.1 Å². The van der Waals surface area contributed by atoms with Crippen molar-refractivity contribution in [1.82, 2.24) is 5.32 Å². The van der Waals surface area contributed by atoms with Crippen LogP contribution in [0.4, 0.5) is 10.1 Å². The molecule has 0 saturated heterocycles. The Morgan fingerprint density at radius 2 is 1.68 bits per heavy atom. The van der Waals surface area contributed by atoms with Gasteiger partial charge >= 0.3 is 0 Å². The van der Waals surface area contributed by atoms with E-state index in [1.54, 1.807) is 12.1 Å². The van der Waals surface area contributed by atoms with Gasteiger partial charge in [-0.2, -0.15) is 0 Å². The molecule has 1 aliphatic rings. The van der Waals surface area contributed by atoms with Gasteiger partial charge in [-0.1, -0.05) is 44.0 Å². The zero-order valence-corrected chi connectivity index (χ0v) is 15.5. The van der Waals surface area contributed by atoms with E-state index in [-0.39, 0.29) is 11.2 Å². The molecule has 2 nitrogen and oxygen atoms in total. The minimum absolute atomic E-state index is 0.0471. The zero-order chi connectivity index (χ0) is 17.7. The van der Waals surface area contributed by atoms with Crippen LogP contribution in [0.3, 0.4) is 0 Å². The molecule has 0 aliphatic heterocycles.